The number of hydrogen-bond donors (Lipinski definition) is 2. The quantitative estimate of drug-likeness (QED) is 0.594. The van der Waals surface area contributed by atoms with Gasteiger partial charge in [-0.25, -0.2) is 9.98 Å². The molecule has 0 aliphatic rings. The SMILES string of the molecule is CCNC(=NCc1cccnc1OC)Nc1ccc(OC)c(OC)c1. The van der Waals surface area contributed by atoms with Crippen molar-refractivity contribution in [2.24, 2.45) is 4.99 Å². The van der Waals surface area contributed by atoms with E-state index >= 15 is 0 Å². The Bertz CT molecular complexity index is 719. The lowest BCUT2D eigenvalue weighted by molar-refractivity contribution is 0.355. The number of nitrogens with zero attached hydrogens (tertiary/aromatic N) is 2. The summed E-state index contributed by atoms with van der Waals surface area (Å²) in [5.41, 5.74) is 1.75. The van der Waals surface area contributed by atoms with Crippen molar-refractivity contribution in [2.45, 2.75) is 13.5 Å². The van der Waals surface area contributed by atoms with Crippen molar-refractivity contribution in [3.8, 4) is 17.4 Å². The lowest BCUT2D eigenvalue weighted by atomic mass is 10.2. The van der Waals surface area contributed by atoms with Crippen molar-refractivity contribution in [3.05, 3.63) is 42.1 Å². The highest BCUT2D eigenvalue weighted by molar-refractivity contribution is 5.93. The van der Waals surface area contributed by atoms with Gasteiger partial charge in [-0.15, -0.1) is 0 Å². The van der Waals surface area contributed by atoms with Gasteiger partial charge >= 0.3 is 0 Å². The average molecular weight is 344 g/mol. The highest BCUT2D eigenvalue weighted by Gasteiger charge is 2.07. The number of nitrogens with one attached hydrogen (secondary N) is 2. The second kappa shape index (κ2) is 9.36. The van der Waals surface area contributed by atoms with Crippen molar-refractivity contribution >= 4 is 11.6 Å². The summed E-state index contributed by atoms with van der Waals surface area (Å²) >= 11 is 0. The monoisotopic (exact) mass is 344 g/mol. The minimum atomic E-state index is 0.444. The summed E-state index contributed by atoms with van der Waals surface area (Å²) in [5.74, 6) is 2.56. The van der Waals surface area contributed by atoms with E-state index in [-0.39, 0.29) is 0 Å². The van der Waals surface area contributed by atoms with Crippen LogP contribution in [-0.4, -0.2) is 38.8 Å². The molecular formula is C18H24N4O3. The van der Waals surface area contributed by atoms with Crippen molar-refractivity contribution in [1.29, 1.82) is 0 Å². The Morgan fingerprint density at radius 2 is 1.88 bits per heavy atom. The van der Waals surface area contributed by atoms with Crippen molar-refractivity contribution < 1.29 is 14.2 Å². The van der Waals surface area contributed by atoms with Gasteiger partial charge in [0.05, 0.1) is 27.9 Å². The van der Waals surface area contributed by atoms with E-state index in [0.29, 0.717) is 29.9 Å². The van der Waals surface area contributed by atoms with E-state index in [2.05, 4.69) is 20.6 Å². The number of benzene rings is 1. The zero-order chi connectivity index (χ0) is 18.1. The number of anilines is 1. The number of guanidine groups is 1. The predicted molar refractivity (Wildman–Crippen MR) is 98.8 cm³/mol. The minimum absolute atomic E-state index is 0.444. The molecular weight excluding hydrogens is 320 g/mol. The summed E-state index contributed by atoms with van der Waals surface area (Å²) in [6.45, 7) is 3.19. The van der Waals surface area contributed by atoms with Gasteiger partial charge in [0.2, 0.25) is 5.88 Å². The van der Waals surface area contributed by atoms with Crippen LogP contribution in [0, 0.1) is 0 Å². The van der Waals surface area contributed by atoms with Gasteiger partial charge in [0.15, 0.2) is 17.5 Å². The van der Waals surface area contributed by atoms with Gasteiger partial charge in [-0.05, 0) is 25.1 Å². The molecule has 7 nitrogen and oxygen atoms in total. The zero-order valence-electron chi connectivity index (χ0n) is 15.0. The Balaban J connectivity index is 2.17. The molecule has 0 saturated heterocycles. The van der Waals surface area contributed by atoms with E-state index in [1.807, 2.05) is 37.3 Å². The number of aromatic nitrogens is 1. The lowest BCUT2D eigenvalue weighted by Crippen LogP contribution is -2.30. The fraction of sp³-hybridized carbons (Fsp3) is 0.333. The Morgan fingerprint density at radius 3 is 2.56 bits per heavy atom. The lowest BCUT2D eigenvalue weighted by Gasteiger charge is -2.14. The third kappa shape index (κ3) is 5.00. The number of ether oxygens (including phenoxy) is 3. The molecule has 1 aromatic carbocycles. The molecule has 25 heavy (non-hydrogen) atoms. The van der Waals surface area contributed by atoms with Crippen LogP contribution in [0.2, 0.25) is 0 Å². The van der Waals surface area contributed by atoms with Crippen LogP contribution >= 0.6 is 0 Å². The second-order valence-electron chi connectivity index (χ2n) is 5.06. The molecule has 0 amide bonds. The predicted octanol–water partition coefficient (Wildman–Crippen LogP) is 2.69. The molecule has 134 valence electrons. The second-order valence-corrected chi connectivity index (χ2v) is 5.06. The maximum absolute atomic E-state index is 5.33. The van der Waals surface area contributed by atoms with Gasteiger partial charge in [-0.2, -0.15) is 0 Å². The van der Waals surface area contributed by atoms with Gasteiger partial charge in [0, 0.05) is 30.1 Å². The molecule has 0 fully saturated rings. The normalized spacial score (nSPS) is 11.0. The van der Waals surface area contributed by atoms with Crippen LogP contribution in [0.3, 0.4) is 0 Å². The van der Waals surface area contributed by atoms with E-state index in [1.54, 1.807) is 27.5 Å². The van der Waals surface area contributed by atoms with Crippen LogP contribution < -0.4 is 24.8 Å². The van der Waals surface area contributed by atoms with Crippen molar-refractivity contribution in [1.82, 2.24) is 10.3 Å². The third-order valence-electron chi connectivity index (χ3n) is 3.44. The largest absolute Gasteiger partial charge is 0.493 e. The van der Waals surface area contributed by atoms with Crippen LogP contribution in [0.5, 0.6) is 17.4 Å². The topological polar surface area (TPSA) is 77.0 Å². The molecule has 0 atom stereocenters. The average Bonchev–Trinajstić information content (AvgIpc) is 2.66. The number of aliphatic imine (C=N–C) groups is 1. The molecule has 1 aromatic heterocycles. The van der Waals surface area contributed by atoms with Gasteiger partial charge in [-0.1, -0.05) is 6.07 Å². The summed E-state index contributed by atoms with van der Waals surface area (Å²) in [7, 11) is 4.82. The number of hydrogen-bond acceptors (Lipinski definition) is 5. The molecule has 1 heterocycles. The Morgan fingerprint density at radius 1 is 1.08 bits per heavy atom. The highest BCUT2D eigenvalue weighted by atomic mass is 16.5. The van der Waals surface area contributed by atoms with E-state index in [0.717, 1.165) is 17.8 Å². The molecule has 7 heteroatoms. The van der Waals surface area contributed by atoms with Crippen LogP contribution in [0.25, 0.3) is 0 Å². The summed E-state index contributed by atoms with van der Waals surface area (Å²) in [6, 6.07) is 9.40. The summed E-state index contributed by atoms with van der Waals surface area (Å²) < 4.78 is 15.8. The molecule has 0 unspecified atom stereocenters. The first-order valence-corrected chi connectivity index (χ1v) is 7.97. The molecule has 0 spiro atoms. The molecule has 2 aromatic rings. The fourth-order valence-corrected chi connectivity index (χ4v) is 2.25. The smallest absolute Gasteiger partial charge is 0.218 e. The zero-order valence-corrected chi connectivity index (χ0v) is 15.0. The molecule has 2 N–H and O–H groups in total. The number of pyridine rings is 1. The van der Waals surface area contributed by atoms with Gasteiger partial charge in [-0.3, -0.25) is 0 Å². The molecule has 0 bridgehead atoms. The van der Waals surface area contributed by atoms with Crippen molar-refractivity contribution in [3.63, 3.8) is 0 Å². The van der Waals surface area contributed by atoms with E-state index in [1.165, 1.54) is 0 Å². The van der Waals surface area contributed by atoms with Crippen LogP contribution in [0.4, 0.5) is 5.69 Å². The van der Waals surface area contributed by atoms with E-state index in [9.17, 15) is 0 Å². The van der Waals surface area contributed by atoms with Gasteiger partial charge in [0.1, 0.15) is 0 Å². The first-order valence-electron chi connectivity index (χ1n) is 7.97. The molecule has 0 aliphatic heterocycles. The highest BCUT2D eigenvalue weighted by Crippen LogP contribution is 2.29. The number of methoxy groups -OCH3 is 3. The maximum Gasteiger partial charge on any atom is 0.218 e. The number of rotatable bonds is 7. The Hall–Kier alpha value is -2.96. The van der Waals surface area contributed by atoms with Crippen LogP contribution in [-0.2, 0) is 6.54 Å². The molecule has 2 rings (SSSR count). The molecule has 0 aliphatic carbocycles. The van der Waals surface area contributed by atoms with Crippen LogP contribution in [0.1, 0.15) is 12.5 Å². The van der Waals surface area contributed by atoms with Crippen LogP contribution in [0.15, 0.2) is 41.5 Å². The maximum atomic E-state index is 5.33. The third-order valence-corrected chi connectivity index (χ3v) is 3.44. The summed E-state index contributed by atoms with van der Waals surface area (Å²) in [4.78, 5) is 8.77. The Kier molecular flexibility index (Phi) is 6.88. The molecule has 0 radical (unpaired) electrons. The van der Waals surface area contributed by atoms with E-state index in [4.69, 9.17) is 14.2 Å². The standard InChI is InChI=1S/C18H24N4O3/c1-5-19-18(21-12-13-7-6-10-20-17(13)25-4)22-14-8-9-15(23-2)16(11-14)24-3/h6-11H,5,12H2,1-4H3,(H2,19,21,22). The fourth-order valence-electron chi connectivity index (χ4n) is 2.25. The van der Waals surface area contributed by atoms with E-state index < -0.39 is 0 Å². The first kappa shape index (κ1) is 18.4. The van der Waals surface area contributed by atoms with Crippen molar-refractivity contribution in [2.75, 3.05) is 33.2 Å². The summed E-state index contributed by atoms with van der Waals surface area (Å²) in [6.07, 6.45) is 1.69. The first-order chi connectivity index (χ1) is 12.2. The van der Waals surface area contributed by atoms with Gasteiger partial charge < -0.3 is 24.8 Å². The minimum Gasteiger partial charge on any atom is -0.493 e. The summed E-state index contributed by atoms with van der Waals surface area (Å²) in [5, 5.41) is 6.47. The Labute approximate surface area is 148 Å². The molecule has 0 saturated carbocycles. The van der Waals surface area contributed by atoms with Gasteiger partial charge in [0.25, 0.3) is 0 Å².